The Balaban J connectivity index is 2.22. The normalized spacial score (nSPS) is 23.3. The summed E-state index contributed by atoms with van der Waals surface area (Å²) in [5.74, 6) is -0.497. The van der Waals surface area contributed by atoms with Crippen LogP contribution in [0.2, 0.25) is 0 Å². The standard InChI is InChI=1S/C17H26N2O7/c1-16(2,3)26-15(21)19-12(10-7-6-8-22-10)13-11(9-23-14(18)20)24-17(4,5)25-13/h6-8,11-13H,9H2,1-5H3,(H2,18,20)(H,19,21)/t11-,12-,13+/m0/s1. The summed E-state index contributed by atoms with van der Waals surface area (Å²) < 4.78 is 27.3. The summed E-state index contributed by atoms with van der Waals surface area (Å²) in [6.45, 7) is 8.59. The minimum atomic E-state index is -0.948. The van der Waals surface area contributed by atoms with Gasteiger partial charge in [0.1, 0.15) is 36.2 Å². The van der Waals surface area contributed by atoms with E-state index in [0.29, 0.717) is 5.76 Å². The van der Waals surface area contributed by atoms with Crippen LogP contribution in [0.25, 0.3) is 0 Å². The van der Waals surface area contributed by atoms with Crippen molar-refractivity contribution in [3.05, 3.63) is 24.2 Å². The van der Waals surface area contributed by atoms with E-state index in [9.17, 15) is 9.59 Å². The number of nitrogens with two attached hydrogens (primary N) is 1. The van der Waals surface area contributed by atoms with Crippen molar-refractivity contribution in [3.8, 4) is 0 Å². The Bertz CT molecular complexity index is 622. The van der Waals surface area contributed by atoms with Gasteiger partial charge in [-0.3, -0.25) is 0 Å². The molecule has 0 saturated carbocycles. The SMILES string of the molecule is CC(C)(C)OC(=O)N[C@@H](c1ccco1)[C@@H]1OC(C)(C)O[C@H]1COC(N)=O. The number of ether oxygens (including phenoxy) is 4. The summed E-state index contributed by atoms with van der Waals surface area (Å²) in [6, 6.07) is 2.67. The largest absolute Gasteiger partial charge is 0.467 e. The molecule has 0 radical (unpaired) electrons. The summed E-state index contributed by atoms with van der Waals surface area (Å²) in [6.07, 6.45) is -1.44. The van der Waals surface area contributed by atoms with Crippen LogP contribution in [0.3, 0.4) is 0 Å². The minimum Gasteiger partial charge on any atom is -0.467 e. The molecular formula is C17H26N2O7. The fourth-order valence-corrected chi connectivity index (χ4v) is 2.66. The number of hydrogen-bond acceptors (Lipinski definition) is 7. The molecule has 2 rings (SSSR count). The van der Waals surface area contributed by atoms with Crippen molar-refractivity contribution in [2.75, 3.05) is 6.61 Å². The topological polar surface area (TPSA) is 122 Å². The average molecular weight is 370 g/mol. The van der Waals surface area contributed by atoms with Crippen molar-refractivity contribution in [2.45, 2.75) is 64.3 Å². The Morgan fingerprint density at radius 3 is 2.58 bits per heavy atom. The predicted octanol–water partition coefficient (Wildman–Crippen LogP) is 2.46. The van der Waals surface area contributed by atoms with Gasteiger partial charge in [0.2, 0.25) is 0 Å². The van der Waals surface area contributed by atoms with Crippen LogP contribution in [0.15, 0.2) is 22.8 Å². The van der Waals surface area contributed by atoms with Crippen molar-refractivity contribution in [1.82, 2.24) is 5.32 Å². The van der Waals surface area contributed by atoms with Gasteiger partial charge in [-0.2, -0.15) is 0 Å². The molecule has 1 aliphatic heterocycles. The van der Waals surface area contributed by atoms with Gasteiger partial charge in [0.25, 0.3) is 0 Å². The zero-order valence-electron chi connectivity index (χ0n) is 15.6. The molecule has 26 heavy (non-hydrogen) atoms. The zero-order chi connectivity index (χ0) is 19.5. The van der Waals surface area contributed by atoms with E-state index in [-0.39, 0.29) is 6.61 Å². The molecule has 1 aliphatic rings. The molecule has 3 N–H and O–H groups in total. The van der Waals surface area contributed by atoms with Gasteiger partial charge >= 0.3 is 12.2 Å². The third-order valence-electron chi connectivity index (χ3n) is 3.46. The fraction of sp³-hybridized carbons (Fsp3) is 0.647. The molecular weight excluding hydrogens is 344 g/mol. The highest BCUT2D eigenvalue weighted by atomic mass is 16.8. The van der Waals surface area contributed by atoms with Crippen LogP contribution in [0.5, 0.6) is 0 Å². The van der Waals surface area contributed by atoms with Gasteiger partial charge in [0.05, 0.1) is 6.26 Å². The summed E-state index contributed by atoms with van der Waals surface area (Å²) in [7, 11) is 0. The second-order valence-corrected chi connectivity index (χ2v) is 7.41. The number of furan rings is 1. The van der Waals surface area contributed by atoms with Gasteiger partial charge in [-0.1, -0.05) is 0 Å². The molecule has 2 amide bonds. The molecule has 0 spiro atoms. The van der Waals surface area contributed by atoms with Crippen LogP contribution in [-0.2, 0) is 18.9 Å². The monoisotopic (exact) mass is 370 g/mol. The number of rotatable bonds is 5. The van der Waals surface area contributed by atoms with E-state index in [2.05, 4.69) is 5.32 Å². The number of alkyl carbamates (subject to hydrolysis) is 1. The lowest BCUT2D eigenvalue weighted by Gasteiger charge is -2.27. The molecule has 2 heterocycles. The molecule has 0 aromatic carbocycles. The Hall–Kier alpha value is -2.26. The van der Waals surface area contributed by atoms with Crippen molar-refractivity contribution < 1.29 is 33.0 Å². The first kappa shape index (κ1) is 20.1. The predicted molar refractivity (Wildman–Crippen MR) is 90.2 cm³/mol. The van der Waals surface area contributed by atoms with Gasteiger partial charge in [0.15, 0.2) is 5.79 Å². The first-order chi connectivity index (χ1) is 12.0. The summed E-state index contributed by atoms with van der Waals surface area (Å²) in [5.41, 5.74) is 4.37. The lowest BCUT2D eigenvalue weighted by Crippen LogP contribution is -2.44. The van der Waals surface area contributed by atoms with Crippen molar-refractivity contribution in [1.29, 1.82) is 0 Å². The van der Waals surface area contributed by atoms with Gasteiger partial charge in [-0.15, -0.1) is 0 Å². The van der Waals surface area contributed by atoms with Crippen LogP contribution in [-0.4, -0.2) is 42.4 Å². The molecule has 0 bridgehead atoms. The summed E-state index contributed by atoms with van der Waals surface area (Å²) >= 11 is 0. The molecule has 9 heteroatoms. The van der Waals surface area contributed by atoms with Crippen LogP contribution in [0, 0.1) is 0 Å². The maximum Gasteiger partial charge on any atom is 0.408 e. The Morgan fingerprint density at radius 1 is 1.35 bits per heavy atom. The van der Waals surface area contributed by atoms with E-state index in [4.69, 9.17) is 29.1 Å². The summed E-state index contributed by atoms with van der Waals surface area (Å²) in [4.78, 5) is 23.2. The average Bonchev–Trinajstić information content (AvgIpc) is 3.08. The van der Waals surface area contributed by atoms with Crippen LogP contribution in [0.1, 0.15) is 46.4 Å². The fourth-order valence-electron chi connectivity index (χ4n) is 2.66. The number of nitrogens with one attached hydrogen (secondary N) is 1. The molecule has 1 saturated heterocycles. The van der Waals surface area contributed by atoms with Crippen LogP contribution >= 0.6 is 0 Å². The second-order valence-electron chi connectivity index (χ2n) is 7.41. The van der Waals surface area contributed by atoms with E-state index in [1.807, 2.05) is 0 Å². The highest BCUT2D eigenvalue weighted by Gasteiger charge is 2.47. The smallest absolute Gasteiger partial charge is 0.408 e. The van der Waals surface area contributed by atoms with Gasteiger partial charge in [0, 0.05) is 0 Å². The van der Waals surface area contributed by atoms with Crippen LogP contribution < -0.4 is 11.1 Å². The molecule has 1 aromatic heterocycles. The molecule has 3 atom stereocenters. The van der Waals surface area contributed by atoms with E-state index in [1.165, 1.54) is 6.26 Å². The number of amides is 2. The molecule has 1 aromatic rings. The zero-order valence-corrected chi connectivity index (χ0v) is 15.6. The lowest BCUT2D eigenvalue weighted by atomic mass is 10.0. The van der Waals surface area contributed by atoms with E-state index in [0.717, 1.165) is 0 Å². The molecule has 146 valence electrons. The third-order valence-corrected chi connectivity index (χ3v) is 3.46. The Morgan fingerprint density at radius 2 is 2.04 bits per heavy atom. The molecule has 0 unspecified atom stereocenters. The van der Waals surface area contributed by atoms with Gasteiger partial charge in [-0.25, -0.2) is 9.59 Å². The van der Waals surface area contributed by atoms with E-state index < -0.39 is 41.8 Å². The lowest BCUT2D eigenvalue weighted by molar-refractivity contribution is -0.151. The van der Waals surface area contributed by atoms with E-state index in [1.54, 1.807) is 46.8 Å². The Labute approximate surface area is 152 Å². The summed E-state index contributed by atoms with van der Waals surface area (Å²) in [5, 5.41) is 2.74. The number of carbonyl (C=O) groups excluding carboxylic acids is 2. The third kappa shape index (κ3) is 5.63. The number of primary amides is 1. The number of carbonyl (C=O) groups is 2. The van der Waals surface area contributed by atoms with Gasteiger partial charge in [-0.05, 0) is 46.8 Å². The Kier molecular flexibility index (Phi) is 5.82. The molecule has 0 aliphatic carbocycles. The first-order valence-corrected chi connectivity index (χ1v) is 8.28. The van der Waals surface area contributed by atoms with Crippen LogP contribution in [0.4, 0.5) is 9.59 Å². The van der Waals surface area contributed by atoms with Crippen molar-refractivity contribution in [2.24, 2.45) is 5.73 Å². The highest BCUT2D eigenvalue weighted by molar-refractivity contribution is 5.68. The van der Waals surface area contributed by atoms with Gasteiger partial charge < -0.3 is 34.4 Å². The van der Waals surface area contributed by atoms with E-state index >= 15 is 0 Å². The maximum atomic E-state index is 12.3. The minimum absolute atomic E-state index is 0.128. The first-order valence-electron chi connectivity index (χ1n) is 8.28. The quantitative estimate of drug-likeness (QED) is 0.816. The maximum absolute atomic E-state index is 12.3. The van der Waals surface area contributed by atoms with Crippen molar-refractivity contribution in [3.63, 3.8) is 0 Å². The van der Waals surface area contributed by atoms with Crippen molar-refractivity contribution >= 4 is 12.2 Å². The second kappa shape index (κ2) is 7.55. The molecule has 9 nitrogen and oxygen atoms in total. The highest BCUT2D eigenvalue weighted by Crippen LogP contribution is 2.36. The molecule has 1 fully saturated rings. The number of hydrogen-bond donors (Lipinski definition) is 2.